The average Bonchev–Trinajstić information content (AvgIpc) is 3.98. The quantitative estimate of drug-likeness (QED) is 0.175. The van der Waals surface area contributed by atoms with Gasteiger partial charge in [0.1, 0.15) is 0 Å². The van der Waals surface area contributed by atoms with Gasteiger partial charge >= 0.3 is 0 Å². The molecule has 0 atom stereocenters. The summed E-state index contributed by atoms with van der Waals surface area (Å²) < 4.78 is 7.56. The van der Waals surface area contributed by atoms with Crippen LogP contribution >= 0.6 is 34.0 Å². The average molecular weight is 780 g/mol. The number of fused-ring (bicyclic) bond motifs is 9. The van der Waals surface area contributed by atoms with E-state index in [4.69, 9.17) is 15.0 Å². The minimum atomic E-state index is 0.649. The highest BCUT2D eigenvalue weighted by atomic mass is 32.1. The highest BCUT2D eigenvalue weighted by Crippen LogP contribution is 2.43. The van der Waals surface area contributed by atoms with Gasteiger partial charge in [-0.05, 0) is 70.8 Å². The molecule has 0 aliphatic rings. The van der Waals surface area contributed by atoms with E-state index >= 15 is 0 Å². The summed E-state index contributed by atoms with van der Waals surface area (Å²) in [5.41, 5.74) is 7.66. The Labute approximate surface area is 339 Å². The largest absolute Gasteiger partial charge is 0.208 e. The van der Waals surface area contributed by atoms with Crippen molar-refractivity contribution in [2.24, 2.45) is 0 Å². The second-order valence-electron chi connectivity index (χ2n) is 14.3. The van der Waals surface area contributed by atoms with Crippen LogP contribution in [0.5, 0.6) is 0 Å². The Morgan fingerprint density at radius 2 is 0.614 bits per heavy atom. The van der Waals surface area contributed by atoms with Gasteiger partial charge in [0.25, 0.3) is 0 Å². The van der Waals surface area contributed by atoms with E-state index < -0.39 is 0 Å². The number of hydrogen-bond acceptors (Lipinski definition) is 6. The molecule has 0 aliphatic carbocycles. The van der Waals surface area contributed by atoms with Crippen molar-refractivity contribution in [3.63, 3.8) is 0 Å². The molecule has 0 saturated heterocycles. The number of benzene rings is 8. The third-order valence-electron chi connectivity index (χ3n) is 11.0. The van der Waals surface area contributed by atoms with Gasteiger partial charge in [-0.3, -0.25) is 0 Å². The molecule has 0 radical (unpaired) electrons. The van der Waals surface area contributed by atoms with Crippen LogP contribution in [-0.2, 0) is 0 Å². The molecule has 0 fully saturated rings. The third-order valence-corrected chi connectivity index (χ3v) is 14.4. The van der Waals surface area contributed by atoms with E-state index in [0.29, 0.717) is 17.5 Å². The molecule has 3 nitrogen and oxygen atoms in total. The molecule has 4 heterocycles. The molecule has 0 unspecified atom stereocenters. The van der Waals surface area contributed by atoms with Gasteiger partial charge in [0.2, 0.25) is 0 Å². The van der Waals surface area contributed by atoms with Gasteiger partial charge in [-0.2, -0.15) is 0 Å². The van der Waals surface area contributed by atoms with Crippen LogP contribution in [0.1, 0.15) is 0 Å². The summed E-state index contributed by atoms with van der Waals surface area (Å²) in [5.74, 6) is 1.99. The molecule has 6 heteroatoms. The Kier molecular flexibility index (Phi) is 7.45. The fourth-order valence-corrected chi connectivity index (χ4v) is 11.8. The Balaban J connectivity index is 1.05. The minimum Gasteiger partial charge on any atom is -0.208 e. The monoisotopic (exact) mass is 779 g/mol. The summed E-state index contributed by atoms with van der Waals surface area (Å²) in [7, 11) is 0. The predicted octanol–water partition coefficient (Wildman–Crippen LogP) is 15.3. The molecule has 12 aromatic rings. The molecule has 0 aliphatic heterocycles. The topological polar surface area (TPSA) is 38.7 Å². The number of hydrogen-bond donors (Lipinski definition) is 0. The molecule has 0 bridgehead atoms. The standard InChI is InChI=1S/C51H29N3S3/c1-4-22-40-35(16-1)46-34(19-9-25-43(46)55-40)32-14-7-12-30(28-32)31-13-8-15-33(29-31)49-52-50(38-20-10-26-44-47(38)36-17-2-5-23-41(36)56-44)54-51(53-49)39-21-11-27-45-48(39)37-18-3-6-24-42(37)57-45/h1-29H. The molecule has 0 amide bonds. The first-order chi connectivity index (χ1) is 28.2. The van der Waals surface area contributed by atoms with E-state index in [0.717, 1.165) is 27.8 Å². The van der Waals surface area contributed by atoms with Crippen molar-refractivity contribution >= 4 is 94.5 Å². The number of nitrogens with zero attached hydrogens (tertiary/aromatic N) is 3. The summed E-state index contributed by atoms with van der Waals surface area (Å²) in [5, 5.41) is 7.42. The van der Waals surface area contributed by atoms with Crippen molar-refractivity contribution in [2.45, 2.75) is 0 Å². The maximum Gasteiger partial charge on any atom is 0.164 e. The second kappa shape index (κ2) is 13.0. The first-order valence-electron chi connectivity index (χ1n) is 18.9. The van der Waals surface area contributed by atoms with Crippen LogP contribution in [0.4, 0.5) is 0 Å². The minimum absolute atomic E-state index is 0.649. The van der Waals surface area contributed by atoms with Crippen molar-refractivity contribution in [3.8, 4) is 56.4 Å². The number of aromatic nitrogens is 3. The van der Waals surface area contributed by atoms with E-state index in [9.17, 15) is 0 Å². The van der Waals surface area contributed by atoms with Crippen LogP contribution in [0.2, 0.25) is 0 Å². The first-order valence-corrected chi connectivity index (χ1v) is 21.4. The Morgan fingerprint density at radius 1 is 0.263 bits per heavy atom. The molecular weight excluding hydrogens is 751 g/mol. The summed E-state index contributed by atoms with van der Waals surface area (Å²) in [6.45, 7) is 0. The molecular formula is C51H29N3S3. The predicted molar refractivity (Wildman–Crippen MR) is 246 cm³/mol. The van der Waals surface area contributed by atoms with Crippen molar-refractivity contribution in [3.05, 3.63) is 176 Å². The number of rotatable bonds is 5. The van der Waals surface area contributed by atoms with E-state index in [2.05, 4.69) is 176 Å². The summed E-state index contributed by atoms with van der Waals surface area (Å²) in [6.07, 6.45) is 0. The van der Waals surface area contributed by atoms with Gasteiger partial charge in [-0.1, -0.05) is 127 Å². The fourth-order valence-electron chi connectivity index (χ4n) is 8.39. The lowest BCUT2D eigenvalue weighted by Gasteiger charge is -2.12. The summed E-state index contributed by atoms with van der Waals surface area (Å²) in [4.78, 5) is 15.9. The Morgan fingerprint density at radius 3 is 1.12 bits per heavy atom. The maximum absolute atomic E-state index is 5.33. The lowest BCUT2D eigenvalue weighted by molar-refractivity contribution is 1.08. The molecule has 8 aromatic carbocycles. The van der Waals surface area contributed by atoms with Crippen LogP contribution in [0, 0.1) is 0 Å². The zero-order valence-corrected chi connectivity index (χ0v) is 32.8. The number of thiophene rings is 3. The summed E-state index contributed by atoms with van der Waals surface area (Å²) in [6, 6.07) is 63.1. The molecule has 266 valence electrons. The SMILES string of the molecule is c1cc(-c2cccc(-c3cccc4sc5ccccc5c34)c2)cc(-c2nc(-c3cccc4sc5ccccc5c34)nc(-c3cccc4sc5ccccc5c34)n2)c1. The zero-order valence-electron chi connectivity index (χ0n) is 30.3. The van der Waals surface area contributed by atoms with Crippen molar-refractivity contribution in [2.75, 3.05) is 0 Å². The van der Waals surface area contributed by atoms with Crippen LogP contribution in [0.3, 0.4) is 0 Å². The van der Waals surface area contributed by atoms with Crippen LogP contribution in [0.15, 0.2) is 176 Å². The van der Waals surface area contributed by atoms with Gasteiger partial charge in [0.05, 0.1) is 0 Å². The Bertz CT molecular complexity index is 3420. The zero-order chi connectivity index (χ0) is 37.5. The molecule has 12 rings (SSSR count). The van der Waals surface area contributed by atoms with E-state index in [-0.39, 0.29) is 0 Å². The maximum atomic E-state index is 5.33. The first kappa shape index (κ1) is 32.7. The molecule has 4 aromatic heterocycles. The van der Waals surface area contributed by atoms with Gasteiger partial charge in [0.15, 0.2) is 17.5 Å². The van der Waals surface area contributed by atoms with Crippen molar-refractivity contribution < 1.29 is 0 Å². The lowest BCUT2D eigenvalue weighted by Crippen LogP contribution is -2.01. The smallest absolute Gasteiger partial charge is 0.164 e. The molecule has 0 saturated carbocycles. The van der Waals surface area contributed by atoms with Gasteiger partial charge in [0, 0.05) is 77.2 Å². The second-order valence-corrected chi connectivity index (χ2v) is 17.5. The fraction of sp³-hybridized carbons (Fsp3) is 0. The van der Waals surface area contributed by atoms with Crippen LogP contribution in [-0.4, -0.2) is 15.0 Å². The molecule has 57 heavy (non-hydrogen) atoms. The third kappa shape index (κ3) is 5.33. The summed E-state index contributed by atoms with van der Waals surface area (Å²) >= 11 is 5.47. The van der Waals surface area contributed by atoms with E-state index in [1.54, 1.807) is 0 Å². The lowest BCUT2D eigenvalue weighted by atomic mass is 9.95. The van der Waals surface area contributed by atoms with E-state index in [1.165, 1.54) is 71.6 Å². The molecule has 0 spiro atoms. The van der Waals surface area contributed by atoms with Crippen LogP contribution < -0.4 is 0 Å². The van der Waals surface area contributed by atoms with E-state index in [1.807, 2.05) is 34.0 Å². The van der Waals surface area contributed by atoms with Gasteiger partial charge in [-0.25, -0.2) is 15.0 Å². The highest BCUT2D eigenvalue weighted by molar-refractivity contribution is 7.26. The van der Waals surface area contributed by atoms with Crippen molar-refractivity contribution in [1.29, 1.82) is 0 Å². The van der Waals surface area contributed by atoms with Crippen LogP contribution in [0.25, 0.3) is 117 Å². The molecule has 0 N–H and O–H groups in total. The van der Waals surface area contributed by atoms with Gasteiger partial charge < -0.3 is 0 Å². The highest BCUT2D eigenvalue weighted by Gasteiger charge is 2.20. The Hall–Kier alpha value is -6.57. The van der Waals surface area contributed by atoms with Gasteiger partial charge in [-0.15, -0.1) is 34.0 Å². The normalized spacial score (nSPS) is 11.9. The van der Waals surface area contributed by atoms with Crippen molar-refractivity contribution in [1.82, 2.24) is 15.0 Å².